The minimum atomic E-state index is -0.227. The number of rotatable bonds is 2. The Morgan fingerprint density at radius 2 is 1.77 bits per heavy atom. The van der Waals surface area contributed by atoms with Gasteiger partial charge in [0.05, 0.1) is 4.91 Å². The highest BCUT2D eigenvalue weighted by molar-refractivity contribution is 8.18. The number of aromatic hydroxyl groups is 1. The van der Waals surface area contributed by atoms with E-state index in [0.717, 1.165) is 11.3 Å². The Morgan fingerprint density at radius 1 is 1.09 bits per heavy atom. The first-order valence-electron chi connectivity index (χ1n) is 6.74. The molecule has 22 heavy (non-hydrogen) atoms. The number of benzene rings is 2. The van der Waals surface area contributed by atoms with Crippen molar-refractivity contribution in [3.63, 3.8) is 0 Å². The van der Waals surface area contributed by atoms with Crippen molar-refractivity contribution >= 4 is 34.6 Å². The Labute approximate surface area is 132 Å². The molecule has 1 N–H and O–H groups in total. The van der Waals surface area contributed by atoms with Gasteiger partial charge in [0.2, 0.25) is 0 Å². The predicted molar refractivity (Wildman–Crippen MR) is 91.0 cm³/mol. The van der Waals surface area contributed by atoms with E-state index in [1.54, 1.807) is 24.3 Å². The van der Waals surface area contributed by atoms with E-state index in [1.165, 1.54) is 11.8 Å². The molecule has 5 heteroatoms. The fraction of sp³-hybridized carbons (Fsp3) is 0.0588. The second-order valence-electron chi connectivity index (χ2n) is 4.80. The average Bonchev–Trinajstić information content (AvgIpc) is 2.89. The minimum Gasteiger partial charge on any atom is -0.508 e. The van der Waals surface area contributed by atoms with E-state index in [4.69, 9.17) is 0 Å². The van der Waals surface area contributed by atoms with Crippen LogP contribution in [0.5, 0.6) is 5.75 Å². The summed E-state index contributed by atoms with van der Waals surface area (Å²) in [6.45, 7) is 0. The van der Waals surface area contributed by atoms with Crippen molar-refractivity contribution in [2.45, 2.75) is 0 Å². The number of hydrogen-bond donors (Lipinski definition) is 1. The van der Waals surface area contributed by atoms with Crippen LogP contribution in [-0.4, -0.2) is 23.2 Å². The van der Waals surface area contributed by atoms with Crippen LogP contribution >= 0.6 is 11.8 Å². The molecule has 1 amide bonds. The summed E-state index contributed by atoms with van der Waals surface area (Å²) in [5, 5.41) is 9.96. The maximum atomic E-state index is 12.0. The van der Waals surface area contributed by atoms with Crippen molar-refractivity contribution in [3.05, 3.63) is 65.1 Å². The molecule has 4 nitrogen and oxygen atoms in total. The molecule has 0 aliphatic carbocycles. The summed E-state index contributed by atoms with van der Waals surface area (Å²) in [6.07, 6.45) is 1.84. The van der Waals surface area contributed by atoms with E-state index in [1.807, 2.05) is 48.4 Å². The van der Waals surface area contributed by atoms with Crippen LogP contribution in [0.1, 0.15) is 5.56 Å². The zero-order chi connectivity index (χ0) is 15.5. The number of nitrogens with zero attached hydrogens (tertiary/aromatic N) is 2. The van der Waals surface area contributed by atoms with E-state index >= 15 is 0 Å². The summed E-state index contributed by atoms with van der Waals surface area (Å²) in [4.78, 5) is 18.6. The van der Waals surface area contributed by atoms with E-state index < -0.39 is 0 Å². The lowest BCUT2D eigenvalue weighted by Gasteiger charge is -2.17. The number of amides is 1. The molecule has 0 saturated carbocycles. The third kappa shape index (κ3) is 3.04. The van der Waals surface area contributed by atoms with Crippen LogP contribution in [0.15, 0.2) is 64.5 Å². The molecule has 1 heterocycles. The number of amidine groups is 1. The molecule has 0 fully saturated rings. The molecule has 1 aliphatic rings. The summed E-state index contributed by atoms with van der Waals surface area (Å²) in [5.41, 5.74) is 1.83. The summed E-state index contributed by atoms with van der Waals surface area (Å²) in [6, 6.07) is 16.5. The molecule has 0 radical (unpaired) electrons. The fourth-order valence-electron chi connectivity index (χ4n) is 2.03. The third-order valence-electron chi connectivity index (χ3n) is 3.23. The number of carbonyl (C=O) groups is 1. The van der Waals surface area contributed by atoms with Crippen LogP contribution in [0.4, 0.5) is 5.69 Å². The largest absolute Gasteiger partial charge is 0.508 e. The van der Waals surface area contributed by atoms with Crippen LogP contribution in [0.25, 0.3) is 6.08 Å². The topological polar surface area (TPSA) is 52.9 Å². The zero-order valence-electron chi connectivity index (χ0n) is 11.9. The molecule has 0 atom stereocenters. The van der Waals surface area contributed by atoms with Gasteiger partial charge in [-0.3, -0.25) is 4.79 Å². The number of hydrogen-bond acceptors (Lipinski definition) is 4. The van der Waals surface area contributed by atoms with Gasteiger partial charge in [0, 0.05) is 12.7 Å². The van der Waals surface area contributed by atoms with Crippen molar-refractivity contribution in [1.82, 2.24) is 0 Å². The molecule has 0 bridgehead atoms. The van der Waals surface area contributed by atoms with Gasteiger partial charge in [-0.15, -0.1) is 0 Å². The smallest absolute Gasteiger partial charge is 0.286 e. The summed E-state index contributed by atoms with van der Waals surface area (Å²) < 4.78 is 0. The second-order valence-corrected chi connectivity index (χ2v) is 5.81. The Hall–Kier alpha value is -2.53. The van der Waals surface area contributed by atoms with E-state index in [2.05, 4.69) is 4.99 Å². The van der Waals surface area contributed by atoms with Crippen LogP contribution in [0, 0.1) is 0 Å². The molecule has 110 valence electrons. The Balaban J connectivity index is 1.80. The highest BCUT2D eigenvalue weighted by Gasteiger charge is 2.25. The number of phenolic OH excluding ortho intramolecular Hbond substituents is 1. The number of aliphatic imine (C=N–C) groups is 1. The Morgan fingerprint density at radius 3 is 2.45 bits per heavy atom. The van der Waals surface area contributed by atoms with E-state index in [0.29, 0.717) is 10.1 Å². The van der Waals surface area contributed by atoms with Crippen molar-refractivity contribution in [1.29, 1.82) is 0 Å². The Kier molecular flexibility index (Phi) is 3.98. The lowest BCUT2D eigenvalue weighted by molar-refractivity contribution is -0.113. The lowest BCUT2D eigenvalue weighted by Crippen LogP contribution is -2.21. The number of phenols is 1. The van der Waals surface area contributed by atoms with Gasteiger partial charge in [-0.05, 0) is 47.7 Å². The standard InChI is InChI=1S/C17H14N2O2S/c1-19(13-7-9-14(20)10-8-13)17-18-16(21)15(22-17)11-12-5-3-2-4-6-12/h2-11,20H,1H3/b15-11-. The zero-order valence-corrected chi connectivity index (χ0v) is 12.7. The van der Waals surface area contributed by atoms with Gasteiger partial charge in [-0.1, -0.05) is 30.3 Å². The van der Waals surface area contributed by atoms with Crippen molar-refractivity contribution in [2.75, 3.05) is 11.9 Å². The lowest BCUT2D eigenvalue weighted by atomic mass is 10.2. The average molecular weight is 310 g/mol. The molecule has 0 unspecified atom stereocenters. The monoisotopic (exact) mass is 310 g/mol. The van der Waals surface area contributed by atoms with Crippen molar-refractivity contribution in [2.24, 2.45) is 4.99 Å². The van der Waals surface area contributed by atoms with Gasteiger partial charge in [-0.25, -0.2) is 0 Å². The first kappa shape index (κ1) is 14.4. The number of carbonyl (C=O) groups excluding carboxylic acids is 1. The molecule has 0 saturated heterocycles. The molecule has 0 aromatic heterocycles. The van der Waals surface area contributed by atoms with Gasteiger partial charge in [0.1, 0.15) is 5.75 Å². The quantitative estimate of drug-likeness (QED) is 0.863. The van der Waals surface area contributed by atoms with Gasteiger partial charge >= 0.3 is 0 Å². The van der Waals surface area contributed by atoms with Crippen LogP contribution < -0.4 is 4.90 Å². The summed E-state index contributed by atoms with van der Waals surface area (Å²) in [5.74, 6) is -0.0200. The fourth-order valence-corrected chi connectivity index (χ4v) is 2.92. The normalized spacial score (nSPS) is 16.0. The summed E-state index contributed by atoms with van der Waals surface area (Å²) in [7, 11) is 1.84. The van der Waals surface area contributed by atoms with Gasteiger partial charge < -0.3 is 10.0 Å². The van der Waals surface area contributed by atoms with E-state index in [9.17, 15) is 9.90 Å². The van der Waals surface area contributed by atoms with Gasteiger partial charge in [0.15, 0.2) is 5.17 Å². The molecule has 0 spiro atoms. The molecule has 2 aromatic rings. The molecule has 1 aliphatic heterocycles. The maximum Gasteiger partial charge on any atom is 0.286 e. The Bertz CT molecular complexity index is 752. The van der Waals surface area contributed by atoms with Crippen LogP contribution in [-0.2, 0) is 4.79 Å². The highest BCUT2D eigenvalue weighted by Crippen LogP contribution is 2.32. The summed E-state index contributed by atoms with van der Waals surface area (Å²) >= 11 is 1.35. The first-order chi connectivity index (χ1) is 10.6. The second kappa shape index (κ2) is 6.07. The first-order valence-corrected chi connectivity index (χ1v) is 7.55. The van der Waals surface area contributed by atoms with Crippen LogP contribution in [0.3, 0.4) is 0 Å². The predicted octanol–water partition coefficient (Wildman–Crippen LogP) is 3.50. The van der Waals surface area contributed by atoms with Gasteiger partial charge in [0.25, 0.3) is 5.91 Å². The molecular weight excluding hydrogens is 296 g/mol. The van der Waals surface area contributed by atoms with Crippen molar-refractivity contribution in [3.8, 4) is 5.75 Å². The van der Waals surface area contributed by atoms with Crippen LogP contribution in [0.2, 0.25) is 0 Å². The molecular formula is C17H14N2O2S. The minimum absolute atomic E-state index is 0.207. The number of anilines is 1. The maximum absolute atomic E-state index is 12.0. The van der Waals surface area contributed by atoms with Crippen molar-refractivity contribution < 1.29 is 9.90 Å². The highest BCUT2D eigenvalue weighted by atomic mass is 32.2. The van der Waals surface area contributed by atoms with E-state index in [-0.39, 0.29) is 11.7 Å². The molecule has 2 aromatic carbocycles. The molecule has 3 rings (SSSR count). The SMILES string of the molecule is CN(C1=NC(=O)/C(=C/c2ccccc2)S1)c1ccc(O)cc1. The van der Waals surface area contributed by atoms with Gasteiger partial charge in [-0.2, -0.15) is 4.99 Å². The number of thioether (sulfide) groups is 1. The third-order valence-corrected chi connectivity index (χ3v) is 4.29.